The Morgan fingerprint density at radius 3 is 2.78 bits per heavy atom. The van der Waals surface area contributed by atoms with E-state index in [1.807, 2.05) is 18.2 Å². The second kappa shape index (κ2) is 8.44. The van der Waals surface area contributed by atoms with Crippen molar-refractivity contribution >= 4 is 17.2 Å². The van der Waals surface area contributed by atoms with Crippen molar-refractivity contribution in [3.05, 3.63) is 71.0 Å². The van der Waals surface area contributed by atoms with Crippen molar-refractivity contribution in [2.75, 3.05) is 6.54 Å². The normalized spacial score (nSPS) is 15.9. The van der Waals surface area contributed by atoms with Crippen LogP contribution in [0.2, 0.25) is 0 Å². The van der Waals surface area contributed by atoms with E-state index < -0.39 is 0 Å². The van der Waals surface area contributed by atoms with Crippen molar-refractivity contribution in [1.82, 2.24) is 15.3 Å². The quantitative estimate of drug-likeness (QED) is 0.659. The van der Waals surface area contributed by atoms with Crippen LogP contribution in [-0.2, 0) is 24.1 Å². The number of carbonyl (C=O) groups is 1. The van der Waals surface area contributed by atoms with Gasteiger partial charge in [-0.05, 0) is 49.8 Å². The summed E-state index contributed by atoms with van der Waals surface area (Å²) in [6.07, 6.45) is 8.14. The first-order chi connectivity index (χ1) is 13.3. The lowest BCUT2D eigenvalue weighted by molar-refractivity contribution is -0.125. The Bertz CT molecular complexity index is 892. The van der Waals surface area contributed by atoms with Gasteiger partial charge in [0.2, 0.25) is 5.91 Å². The van der Waals surface area contributed by atoms with Crippen LogP contribution >= 0.6 is 11.3 Å². The number of carbonyl (C=O) groups excluding carboxylic acids is 1. The molecule has 138 valence electrons. The van der Waals surface area contributed by atoms with Gasteiger partial charge in [-0.15, -0.1) is 11.3 Å². The molecule has 1 amide bonds. The minimum atomic E-state index is 0.0694. The molecule has 2 aromatic heterocycles. The van der Waals surface area contributed by atoms with Gasteiger partial charge in [0.25, 0.3) is 0 Å². The maximum atomic E-state index is 12.6. The number of aromatic nitrogens is 2. The van der Waals surface area contributed by atoms with E-state index in [0.29, 0.717) is 0 Å². The number of benzene rings is 1. The smallest absolute Gasteiger partial charge is 0.223 e. The number of hydrogen-bond acceptors (Lipinski definition) is 4. The number of aryl methyl sites for hydroxylation is 2. The van der Waals surface area contributed by atoms with E-state index in [9.17, 15) is 4.79 Å². The van der Waals surface area contributed by atoms with Crippen LogP contribution in [0.5, 0.6) is 0 Å². The van der Waals surface area contributed by atoms with Gasteiger partial charge in [-0.1, -0.05) is 30.3 Å². The third-order valence-electron chi connectivity index (χ3n) is 5.02. The molecule has 1 aliphatic carbocycles. The highest BCUT2D eigenvalue weighted by atomic mass is 32.1. The molecule has 0 spiro atoms. The van der Waals surface area contributed by atoms with Crippen LogP contribution in [0.25, 0.3) is 10.6 Å². The Balaban J connectivity index is 1.30. The zero-order valence-electron chi connectivity index (χ0n) is 15.2. The van der Waals surface area contributed by atoms with Crippen LogP contribution in [0.1, 0.15) is 29.0 Å². The molecule has 0 bridgehead atoms. The first-order valence-electron chi connectivity index (χ1n) is 9.50. The van der Waals surface area contributed by atoms with Crippen molar-refractivity contribution in [3.8, 4) is 10.6 Å². The van der Waals surface area contributed by atoms with Crippen molar-refractivity contribution in [1.29, 1.82) is 0 Å². The van der Waals surface area contributed by atoms with Crippen LogP contribution < -0.4 is 5.32 Å². The molecule has 1 atom stereocenters. The monoisotopic (exact) mass is 377 g/mol. The molecule has 0 saturated carbocycles. The Morgan fingerprint density at radius 1 is 1.15 bits per heavy atom. The maximum absolute atomic E-state index is 12.6. The SMILES string of the molecule is O=C(NCCCc1ccccc1)C1CCc2nc(-c3ccncc3)sc2C1. The molecule has 1 aromatic carbocycles. The number of fused-ring (bicyclic) bond motifs is 1. The number of thiazole rings is 1. The summed E-state index contributed by atoms with van der Waals surface area (Å²) in [4.78, 5) is 22.7. The van der Waals surface area contributed by atoms with Gasteiger partial charge in [0.1, 0.15) is 5.01 Å². The van der Waals surface area contributed by atoms with E-state index in [4.69, 9.17) is 4.98 Å². The lowest BCUT2D eigenvalue weighted by Gasteiger charge is -2.20. The van der Waals surface area contributed by atoms with Gasteiger partial charge in [-0.3, -0.25) is 9.78 Å². The van der Waals surface area contributed by atoms with Gasteiger partial charge in [0.05, 0.1) is 5.69 Å². The molecule has 27 heavy (non-hydrogen) atoms. The molecule has 0 saturated heterocycles. The van der Waals surface area contributed by atoms with E-state index in [0.717, 1.165) is 49.2 Å². The van der Waals surface area contributed by atoms with Gasteiger partial charge in [-0.2, -0.15) is 0 Å². The Kier molecular flexibility index (Phi) is 5.58. The van der Waals surface area contributed by atoms with Crippen LogP contribution in [-0.4, -0.2) is 22.4 Å². The maximum Gasteiger partial charge on any atom is 0.223 e. The highest BCUT2D eigenvalue weighted by Gasteiger charge is 2.27. The summed E-state index contributed by atoms with van der Waals surface area (Å²) in [5.74, 6) is 0.257. The Labute approximate surface area is 163 Å². The van der Waals surface area contributed by atoms with E-state index in [-0.39, 0.29) is 11.8 Å². The Morgan fingerprint density at radius 2 is 1.96 bits per heavy atom. The molecule has 4 nitrogen and oxygen atoms in total. The van der Waals surface area contributed by atoms with Crippen molar-refractivity contribution in [2.45, 2.75) is 32.1 Å². The molecule has 4 rings (SSSR count). The van der Waals surface area contributed by atoms with Crippen LogP contribution in [0.3, 0.4) is 0 Å². The number of amides is 1. The van der Waals surface area contributed by atoms with Crippen LogP contribution in [0.4, 0.5) is 0 Å². The molecular formula is C22H23N3OS. The number of rotatable bonds is 6. The number of pyridine rings is 1. The largest absolute Gasteiger partial charge is 0.356 e. The van der Waals surface area contributed by atoms with Gasteiger partial charge < -0.3 is 5.32 Å². The number of hydrogen-bond donors (Lipinski definition) is 1. The molecule has 1 aliphatic rings. The van der Waals surface area contributed by atoms with Crippen LogP contribution in [0, 0.1) is 5.92 Å². The minimum absolute atomic E-state index is 0.0694. The summed E-state index contributed by atoms with van der Waals surface area (Å²) >= 11 is 1.72. The second-order valence-electron chi connectivity index (χ2n) is 6.94. The summed E-state index contributed by atoms with van der Waals surface area (Å²) in [6.45, 7) is 0.738. The zero-order valence-corrected chi connectivity index (χ0v) is 16.0. The summed E-state index contributed by atoms with van der Waals surface area (Å²) < 4.78 is 0. The summed E-state index contributed by atoms with van der Waals surface area (Å²) in [7, 11) is 0. The summed E-state index contributed by atoms with van der Waals surface area (Å²) in [5, 5.41) is 4.16. The fourth-order valence-corrected chi connectivity index (χ4v) is 4.70. The molecular weight excluding hydrogens is 354 g/mol. The lowest BCUT2D eigenvalue weighted by atomic mass is 9.90. The molecule has 5 heteroatoms. The third-order valence-corrected chi connectivity index (χ3v) is 6.19. The fourth-order valence-electron chi connectivity index (χ4n) is 3.51. The molecule has 0 fully saturated rings. The second-order valence-corrected chi connectivity index (χ2v) is 8.03. The Hall–Kier alpha value is -2.53. The topological polar surface area (TPSA) is 54.9 Å². The average molecular weight is 378 g/mol. The van der Waals surface area contributed by atoms with Gasteiger partial charge in [0, 0.05) is 35.3 Å². The minimum Gasteiger partial charge on any atom is -0.356 e. The zero-order chi connectivity index (χ0) is 18.5. The van der Waals surface area contributed by atoms with Crippen molar-refractivity contribution < 1.29 is 4.79 Å². The van der Waals surface area contributed by atoms with Crippen LogP contribution in [0.15, 0.2) is 54.9 Å². The average Bonchev–Trinajstić information content (AvgIpc) is 3.16. The highest BCUT2D eigenvalue weighted by molar-refractivity contribution is 7.15. The predicted octanol–water partition coefficient (Wildman–Crippen LogP) is 4.06. The first-order valence-corrected chi connectivity index (χ1v) is 10.3. The van der Waals surface area contributed by atoms with Gasteiger partial charge in [0.15, 0.2) is 0 Å². The first kappa shape index (κ1) is 17.9. The lowest BCUT2D eigenvalue weighted by Crippen LogP contribution is -2.34. The van der Waals surface area contributed by atoms with E-state index in [1.165, 1.54) is 16.1 Å². The highest BCUT2D eigenvalue weighted by Crippen LogP contribution is 2.34. The molecule has 3 aromatic rings. The summed E-state index contributed by atoms with van der Waals surface area (Å²) in [6, 6.07) is 14.4. The van der Waals surface area contributed by atoms with E-state index in [2.05, 4.69) is 34.6 Å². The van der Waals surface area contributed by atoms with Crippen molar-refractivity contribution in [3.63, 3.8) is 0 Å². The van der Waals surface area contributed by atoms with Gasteiger partial charge in [-0.25, -0.2) is 4.98 Å². The van der Waals surface area contributed by atoms with E-state index in [1.54, 1.807) is 23.7 Å². The molecule has 1 N–H and O–H groups in total. The molecule has 0 radical (unpaired) electrons. The molecule has 2 heterocycles. The fraction of sp³-hybridized carbons (Fsp3) is 0.318. The van der Waals surface area contributed by atoms with Crippen molar-refractivity contribution in [2.24, 2.45) is 5.92 Å². The molecule has 1 unspecified atom stereocenters. The van der Waals surface area contributed by atoms with Gasteiger partial charge >= 0.3 is 0 Å². The standard InChI is InChI=1S/C22H23N3OS/c26-21(24-12-4-7-16-5-2-1-3-6-16)18-8-9-19-20(15-18)27-22(25-19)17-10-13-23-14-11-17/h1-3,5-6,10-11,13-14,18H,4,7-9,12,15H2,(H,24,26). The predicted molar refractivity (Wildman–Crippen MR) is 109 cm³/mol. The summed E-state index contributed by atoms with van der Waals surface area (Å²) in [5.41, 5.74) is 3.59. The van der Waals surface area contributed by atoms with E-state index >= 15 is 0 Å². The molecule has 0 aliphatic heterocycles. The number of nitrogens with one attached hydrogen (secondary N) is 1. The third kappa shape index (κ3) is 4.42. The number of nitrogens with zero attached hydrogens (tertiary/aromatic N) is 2.